The zero-order valence-electron chi connectivity index (χ0n) is 8.05. The molecule has 0 amide bonds. The van der Waals surface area contributed by atoms with Gasteiger partial charge in [-0.05, 0) is 11.6 Å². The van der Waals surface area contributed by atoms with Crippen LogP contribution in [-0.2, 0) is 14.4 Å². The number of aromatic nitrogens is 2. The topological polar surface area (TPSA) is 99.7 Å². The Bertz CT molecular complexity index is 384. The number of hydrogen-bond donors (Lipinski definition) is 1. The fourth-order valence-corrected chi connectivity index (χ4v) is 1.19. The Morgan fingerprint density at radius 1 is 1.69 bits per heavy atom. The minimum atomic E-state index is -0.830. The van der Waals surface area contributed by atoms with Crippen LogP contribution in [0, 0.1) is 0 Å². The van der Waals surface area contributed by atoms with Gasteiger partial charge in [-0.3, -0.25) is 4.79 Å². The molecule has 2 N–H and O–H groups in total. The van der Waals surface area contributed by atoms with Gasteiger partial charge in [0.2, 0.25) is 18.3 Å². The number of methoxy groups -OCH3 is 1. The normalized spacial score (nSPS) is 10.8. The number of ether oxygens (including phenoxy) is 1. The van der Waals surface area contributed by atoms with E-state index in [0.29, 0.717) is 0 Å². The second-order valence-corrected chi connectivity index (χ2v) is 3.33. The number of halogens is 2. The Morgan fingerprint density at radius 2 is 2.38 bits per heavy atom. The Kier molecular flexibility index (Phi) is 6.90. The van der Waals surface area contributed by atoms with Crippen molar-refractivity contribution in [2.75, 3.05) is 19.6 Å². The van der Waals surface area contributed by atoms with Crippen LogP contribution in [0.5, 0.6) is 0 Å². The molecule has 0 atom stereocenters. The number of nitrogens with zero attached hydrogens (tertiary/aromatic N) is 3. The van der Waals surface area contributed by atoms with Crippen molar-refractivity contribution >= 4 is 51.6 Å². The lowest BCUT2D eigenvalue weighted by Gasteiger charge is -1.97. The van der Waals surface area contributed by atoms with Crippen molar-refractivity contribution in [3.05, 3.63) is 5.82 Å². The second kappa shape index (κ2) is 7.34. The van der Waals surface area contributed by atoms with Gasteiger partial charge in [-0.1, -0.05) is 5.16 Å². The molecule has 0 unspecified atom stereocenters. The van der Waals surface area contributed by atoms with Crippen molar-refractivity contribution in [1.29, 1.82) is 0 Å². The molecule has 0 aliphatic heterocycles. The minimum Gasteiger partial charge on any atom is -0.374 e. The fourth-order valence-electron chi connectivity index (χ4n) is 0.640. The summed E-state index contributed by atoms with van der Waals surface area (Å²) in [5, 5.41) is 2.81. The van der Waals surface area contributed by atoms with Crippen LogP contribution in [0.4, 0.5) is 5.13 Å². The highest BCUT2D eigenvalue weighted by molar-refractivity contribution is 7.09. The van der Waals surface area contributed by atoms with Crippen molar-refractivity contribution in [1.82, 2.24) is 9.36 Å². The molecule has 0 bridgehead atoms. The third-order valence-electron chi connectivity index (χ3n) is 1.17. The molecule has 0 spiro atoms. The van der Waals surface area contributed by atoms with Gasteiger partial charge < -0.3 is 15.3 Å². The average molecular weight is 287 g/mol. The molecule has 90 valence electrons. The largest absolute Gasteiger partial charge is 0.374 e. The van der Waals surface area contributed by atoms with Crippen molar-refractivity contribution in [2.24, 2.45) is 5.16 Å². The molecular formula is C6H8Cl2N4O3S. The average Bonchev–Trinajstić information content (AvgIpc) is 2.59. The third-order valence-corrected chi connectivity index (χ3v) is 1.89. The van der Waals surface area contributed by atoms with E-state index < -0.39 is 5.24 Å². The molecule has 7 nitrogen and oxygen atoms in total. The highest BCUT2D eigenvalue weighted by Gasteiger charge is 2.17. The number of anilines is 1. The molecule has 0 fully saturated rings. The molecule has 0 aliphatic carbocycles. The molecule has 0 saturated carbocycles. The Labute approximate surface area is 106 Å². The predicted octanol–water partition coefficient (Wildman–Crippen LogP) is 0.632. The van der Waals surface area contributed by atoms with Gasteiger partial charge in [0.15, 0.2) is 5.13 Å². The summed E-state index contributed by atoms with van der Waals surface area (Å²) in [5.74, 6) is 0.0357. The molecule has 1 heterocycles. The Balaban J connectivity index is 0.00000225. The lowest BCUT2D eigenvalue weighted by atomic mass is 10.4. The zero-order valence-corrected chi connectivity index (χ0v) is 10.4. The summed E-state index contributed by atoms with van der Waals surface area (Å²) < 4.78 is 8.33. The monoisotopic (exact) mass is 286 g/mol. The van der Waals surface area contributed by atoms with E-state index in [1.54, 1.807) is 0 Å². The van der Waals surface area contributed by atoms with E-state index in [1.807, 2.05) is 0 Å². The molecule has 0 aromatic carbocycles. The van der Waals surface area contributed by atoms with Crippen LogP contribution in [0.2, 0.25) is 0 Å². The van der Waals surface area contributed by atoms with Crippen molar-refractivity contribution < 1.29 is 14.4 Å². The highest BCUT2D eigenvalue weighted by atomic mass is 35.5. The van der Waals surface area contributed by atoms with Gasteiger partial charge in [-0.15, -0.1) is 12.4 Å². The first kappa shape index (κ1) is 15.0. The van der Waals surface area contributed by atoms with Gasteiger partial charge in [-0.2, -0.15) is 9.36 Å². The number of hydrogen-bond acceptors (Lipinski definition) is 8. The molecule has 1 aromatic rings. The van der Waals surface area contributed by atoms with E-state index >= 15 is 0 Å². The molecule has 0 radical (unpaired) electrons. The van der Waals surface area contributed by atoms with Gasteiger partial charge in [0.1, 0.15) is 0 Å². The number of oxime groups is 1. The maximum absolute atomic E-state index is 10.9. The maximum atomic E-state index is 10.9. The number of carbonyl (C=O) groups is 1. The summed E-state index contributed by atoms with van der Waals surface area (Å²) in [6.07, 6.45) is 0. The maximum Gasteiger partial charge on any atom is 0.278 e. The van der Waals surface area contributed by atoms with Gasteiger partial charge >= 0.3 is 0 Å². The Hall–Kier alpha value is -0.960. The standard InChI is InChI=1S/C6H7ClN4O3S.ClH/c1-13-2-14-10-3(4(7)12)5-9-6(8)15-11-5;/h2H2,1H3,(H2,8,9,11);1H/b10-3+;. The van der Waals surface area contributed by atoms with Gasteiger partial charge in [0.25, 0.3) is 5.24 Å². The van der Waals surface area contributed by atoms with Crippen LogP contribution < -0.4 is 5.73 Å². The SMILES string of the molecule is COCO/N=C(\C(=O)Cl)c1nsc(N)n1.Cl. The Morgan fingerprint density at radius 3 is 2.81 bits per heavy atom. The second-order valence-electron chi connectivity index (χ2n) is 2.21. The molecule has 10 heteroatoms. The summed E-state index contributed by atoms with van der Waals surface area (Å²) >= 11 is 6.19. The fraction of sp³-hybridized carbons (Fsp3) is 0.333. The van der Waals surface area contributed by atoms with Gasteiger partial charge in [-0.25, -0.2) is 0 Å². The summed E-state index contributed by atoms with van der Waals surface area (Å²) in [4.78, 5) is 19.3. The quantitative estimate of drug-likeness (QED) is 0.280. The molecule has 0 aliphatic rings. The first-order valence-electron chi connectivity index (χ1n) is 3.63. The van der Waals surface area contributed by atoms with Crippen LogP contribution in [0.15, 0.2) is 5.16 Å². The predicted molar refractivity (Wildman–Crippen MR) is 61.9 cm³/mol. The van der Waals surface area contributed by atoms with E-state index in [4.69, 9.17) is 17.3 Å². The highest BCUT2D eigenvalue weighted by Crippen LogP contribution is 2.08. The first-order valence-corrected chi connectivity index (χ1v) is 4.78. The molecular weight excluding hydrogens is 279 g/mol. The summed E-state index contributed by atoms with van der Waals surface area (Å²) in [6, 6.07) is 0. The molecule has 1 rings (SSSR count). The van der Waals surface area contributed by atoms with Crippen LogP contribution in [0.3, 0.4) is 0 Å². The summed E-state index contributed by atoms with van der Waals surface area (Å²) in [5.41, 5.74) is 5.13. The molecule has 0 saturated heterocycles. The van der Waals surface area contributed by atoms with Crippen molar-refractivity contribution in [3.63, 3.8) is 0 Å². The number of nitrogen functional groups attached to an aromatic ring is 1. The van der Waals surface area contributed by atoms with Crippen molar-refractivity contribution in [3.8, 4) is 0 Å². The summed E-state index contributed by atoms with van der Waals surface area (Å²) in [7, 11) is 1.41. The number of nitrogens with two attached hydrogens (primary N) is 1. The molecule has 16 heavy (non-hydrogen) atoms. The molecule has 1 aromatic heterocycles. The lowest BCUT2D eigenvalue weighted by molar-refractivity contribution is -0.106. The summed E-state index contributed by atoms with van der Waals surface area (Å²) in [6.45, 7) is -0.104. The third kappa shape index (κ3) is 4.27. The zero-order chi connectivity index (χ0) is 11.3. The number of carbonyl (C=O) groups excluding carboxylic acids is 1. The van der Waals surface area contributed by atoms with Crippen LogP contribution in [-0.4, -0.2) is 34.2 Å². The van der Waals surface area contributed by atoms with Gasteiger partial charge in [0.05, 0.1) is 0 Å². The van der Waals surface area contributed by atoms with Crippen LogP contribution >= 0.6 is 35.5 Å². The first-order chi connectivity index (χ1) is 7.15. The van der Waals surface area contributed by atoms with Crippen LogP contribution in [0.25, 0.3) is 0 Å². The lowest BCUT2D eigenvalue weighted by Crippen LogP contribution is -2.12. The van der Waals surface area contributed by atoms with Gasteiger partial charge in [0, 0.05) is 18.6 Å². The van der Waals surface area contributed by atoms with E-state index in [2.05, 4.69) is 24.1 Å². The van der Waals surface area contributed by atoms with E-state index in [0.717, 1.165) is 11.5 Å². The van der Waals surface area contributed by atoms with E-state index in [1.165, 1.54) is 7.11 Å². The van der Waals surface area contributed by atoms with Crippen LogP contribution in [0.1, 0.15) is 5.82 Å². The van der Waals surface area contributed by atoms with Crippen molar-refractivity contribution in [2.45, 2.75) is 0 Å². The minimum absolute atomic E-state index is 0. The number of rotatable bonds is 5. The van der Waals surface area contributed by atoms with E-state index in [-0.39, 0.29) is 35.9 Å². The smallest absolute Gasteiger partial charge is 0.278 e. The van der Waals surface area contributed by atoms with E-state index in [9.17, 15) is 4.79 Å².